The fraction of sp³-hybridized carbons (Fsp3) is 0.857. The number of methoxy groups -OCH3 is 1. The minimum absolute atomic E-state index is 0.0205. The van der Waals surface area contributed by atoms with Gasteiger partial charge in [0.1, 0.15) is 0 Å². The van der Waals surface area contributed by atoms with Crippen molar-refractivity contribution in [2.75, 3.05) is 7.11 Å². The average molecular weight is 429 g/mol. The topological polar surface area (TPSA) is 43.4 Å². The molecule has 0 aromatic rings. The van der Waals surface area contributed by atoms with E-state index in [1.165, 1.54) is 51.2 Å². The number of hydrogen-bond acceptors (Lipinski definition) is 3. The summed E-state index contributed by atoms with van der Waals surface area (Å²) in [6, 6.07) is 0. The van der Waals surface area contributed by atoms with Crippen molar-refractivity contribution in [3.63, 3.8) is 0 Å². The number of hydrogen-bond donors (Lipinski definition) is 0. The molecule has 3 fully saturated rings. The summed E-state index contributed by atoms with van der Waals surface area (Å²) in [5.41, 5.74) is 2.25. The van der Waals surface area contributed by atoms with Gasteiger partial charge in [-0.1, -0.05) is 46.1 Å². The summed E-state index contributed by atoms with van der Waals surface area (Å²) in [5.74, 6) is 4.38. The van der Waals surface area contributed by atoms with Gasteiger partial charge in [-0.05, 0) is 97.9 Å². The highest BCUT2D eigenvalue weighted by atomic mass is 16.5. The van der Waals surface area contributed by atoms with Gasteiger partial charge in [0.2, 0.25) is 0 Å². The highest BCUT2D eigenvalue weighted by Crippen LogP contribution is 2.67. The van der Waals surface area contributed by atoms with Crippen molar-refractivity contribution in [2.24, 2.45) is 46.3 Å². The Balaban J connectivity index is 1.42. The number of allylic oxidation sites excluding steroid dienone is 1. The van der Waals surface area contributed by atoms with Crippen molar-refractivity contribution in [2.45, 2.75) is 98.3 Å². The Morgan fingerprint density at radius 3 is 2.58 bits per heavy atom. The van der Waals surface area contributed by atoms with Crippen LogP contribution >= 0.6 is 0 Å². The lowest BCUT2D eigenvalue weighted by Gasteiger charge is -2.58. The van der Waals surface area contributed by atoms with Crippen molar-refractivity contribution in [3.8, 4) is 0 Å². The predicted octanol–water partition coefficient (Wildman–Crippen LogP) is 6.75. The molecule has 0 aromatic heterocycles. The smallest absolute Gasteiger partial charge is 0.308 e. The number of fused-ring (bicyclic) bond motifs is 5. The molecule has 174 valence electrons. The standard InChI is InChI=1S/C28H44O3/c1-18(7-6-8-19(2)26(30)31-5)23-11-12-24-22-10-9-20-17-21(29)13-15-27(20,3)25(22)14-16-28(23,24)4/h17-19,22-25H,6-16H2,1-5H3/t18-,19?,22+,23-,24+,25+,27+,28-/m1/s1. The SMILES string of the molecule is COC(=O)C(C)CCC[C@@H](C)[C@H]1CC[C@H]2[C@@H]3CCC4=CC(=O)CC[C@]4(C)[C@H]3CC[C@]12C. The summed E-state index contributed by atoms with van der Waals surface area (Å²) >= 11 is 0. The first-order valence-electron chi connectivity index (χ1n) is 13.0. The number of ketones is 1. The molecule has 0 amide bonds. The lowest BCUT2D eigenvalue weighted by atomic mass is 9.46. The van der Waals surface area contributed by atoms with Crippen LogP contribution in [0.2, 0.25) is 0 Å². The second-order valence-corrected chi connectivity index (χ2v) is 12.0. The van der Waals surface area contributed by atoms with Crippen molar-refractivity contribution >= 4 is 11.8 Å². The Hall–Kier alpha value is -1.12. The summed E-state index contributed by atoms with van der Waals surface area (Å²) in [4.78, 5) is 23.8. The fourth-order valence-electron chi connectivity index (χ4n) is 8.80. The zero-order valence-corrected chi connectivity index (χ0v) is 20.5. The molecule has 0 aromatic carbocycles. The first kappa shape index (κ1) is 23.1. The van der Waals surface area contributed by atoms with Crippen molar-refractivity contribution in [1.29, 1.82) is 0 Å². The van der Waals surface area contributed by atoms with E-state index in [2.05, 4.69) is 20.8 Å². The van der Waals surface area contributed by atoms with E-state index in [1.807, 2.05) is 13.0 Å². The van der Waals surface area contributed by atoms with Crippen molar-refractivity contribution < 1.29 is 14.3 Å². The molecular formula is C28H44O3. The molecule has 3 saturated carbocycles. The van der Waals surface area contributed by atoms with Gasteiger partial charge in [0.05, 0.1) is 13.0 Å². The molecular weight excluding hydrogens is 384 g/mol. The summed E-state index contributed by atoms with van der Waals surface area (Å²) in [5, 5.41) is 0. The first-order chi connectivity index (χ1) is 14.7. The zero-order valence-electron chi connectivity index (χ0n) is 20.5. The zero-order chi connectivity index (χ0) is 22.4. The molecule has 8 atom stereocenters. The van der Waals surface area contributed by atoms with Crippen LogP contribution in [0.4, 0.5) is 0 Å². The van der Waals surface area contributed by atoms with Gasteiger partial charge in [-0.2, -0.15) is 0 Å². The molecule has 0 heterocycles. The number of esters is 1. The molecule has 3 nitrogen and oxygen atoms in total. The molecule has 4 aliphatic rings. The quantitative estimate of drug-likeness (QED) is 0.439. The van der Waals surface area contributed by atoms with Gasteiger partial charge < -0.3 is 4.74 Å². The molecule has 0 spiro atoms. The molecule has 0 aliphatic heterocycles. The van der Waals surface area contributed by atoms with Crippen LogP contribution in [0.3, 0.4) is 0 Å². The van der Waals surface area contributed by atoms with E-state index in [4.69, 9.17) is 4.74 Å². The van der Waals surface area contributed by atoms with Crippen LogP contribution in [-0.2, 0) is 14.3 Å². The molecule has 0 N–H and O–H groups in total. The van der Waals surface area contributed by atoms with E-state index < -0.39 is 0 Å². The number of rotatable bonds is 6. The average Bonchev–Trinajstić information content (AvgIpc) is 3.10. The van der Waals surface area contributed by atoms with Gasteiger partial charge in [0, 0.05) is 6.42 Å². The number of carbonyl (C=O) groups excluding carboxylic acids is 2. The Kier molecular flexibility index (Phi) is 6.45. The largest absolute Gasteiger partial charge is 0.469 e. The van der Waals surface area contributed by atoms with Crippen molar-refractivity contribution in [3.05, 3.63) is 11.6 Å². The predicted molar refractivity (Wildman–Crippen MR) is 124 cm³/mol. The van der Waals surface area contributed by atoms with Crippen LogP contribution in [0, 0.1) is 46.3 Å². The van der Waals surface area contributed by atoms with E-state index >= 15 is 0 Å². The fourth-order valence-corrected chi connectivity index (χ4v) is 8.80. The Labute approximate surface area is 189 Å². The van der Waals surface area contributed by atoms with E-state index in [9.17, 15) is 9.59 Å². The maximum absolute atomic E-state index is 12.1. The summed E-state index contributed by atoms with van der Waals surface area (Å²) < 4.78 is 4.90. The van der Waals surface area contributed by atoms with Crippen molar-refractivity contribution in [1.82, 2.24) is 0 Å². The van der Waals surface area contributed by atoms with E-state index in [0.717, 1.165) is 61.7 Å². The monoisotopic (exact) mass is 428 g/mol. The second-order valence-electron chi connectivity index (χ2n) is 12.0. The number of ether oxygens (including phenoxy) is 1. The summed E-state index contributed by atoms with van der Waals surface area (Å²) in [6.45, 7) is 9.58. The van der Waals surface area contributed by atoms with E-state index in [1.54, 1.807) is 0 Å². The Morgan fingerprint density at radius 2 is 1.84 bits per heavy atom. The molecule has 0 bridgehead atoms. The van der Waals surface area contributed by atoms with E-state index in [0.29, 0.717) is 11.2 Å². The minimum atomic E-state index is -0.0671. The first-order valence-corrected chi connectivity index (χ1v) is 13.0. The third-order valence-corrected chi connectivity index (χ3v) is 10.6. The second kappa shape index (κ2) is 8.67. The van der Waals surface area contributed by atoms with Gasteiger partial charge in [-0.3, -0.25) is 9.59 Å². The molecule has 4 rings (SSSR count). The van der Waals surface area contributed by atoms with Gasteiger partial charge in [0.25, 0.3) is 0 Å². The van der Waals surface area contributed by atoms with Gasteiger partial charge in [0.15, 0.2) is 5.78 Å². The Bertz CT molecular complexity index is 739. The van der Waals surface area contributed by atoms with E-state index in [-0.39, 0.29) is 17.3 Å². The van der Waals surface area contributed by atoms with Crippen LogP contribution in [-0.4, -0.2) is 18.9 Å². The maximum atomic E-state index is 12.1. The summed E-state index contributed by atoms with van der Waals surface area (Å²) in [6.07, 6.45) is 15.1. The van der Waals surface area contributed by atoms with Gasteiger partial charge in [-0.25, -0.2) is 0 Å². The third-order valence-electron chi connectivity index (χ3n) is 10.6. The molecule has 3 heteroatoms. The lowest BCUT2D eigenvalue weighted by molar-refractivity contribution is -0.145. The third kappa shape index (κ3) is 3.93. The highest BCUT2D eigenvalue weighted by Gasteiger charge is 2.59. The number of carbonyl (C=O) groups is 2. The molecule has 4 aliphatic carbocycles. The maximum Gasteiger partial charge on any atom is 0.308 e. The van der Waals surface area contributed by atoms with Gasteiger partial charge in [-0.15, -0.1) is 0 Å². The minimum Gasteiger partial charge on any atom is -0.469 e. The molecule has 31 heavy (non-hydrogen) atoms. The van der Waals surface area contributed by atoms with Gasteiger partial charge >= 0.3 is 5.97 Å². The van der Waals surface area contributed by atoms with Crippen LogP contribution in [0.1, 0.15) is 98.3 Å². The molecule has 0 saturated heterocycles. The normalized spacial score (nSPS) is 41.5. The molecule has 0 radical (unpaired) electrons. The lowest BCUT2D eigenvalue weighted by Crippen LogP contribution is -2.50. The van der Waals surface area contributed by atoms with Crippen LogP contribution in [0.5, 0.6) is 0 Å². The Morgan fingerprint density at radius 1 is 1.06 bits per heavy atom. The van der Waals surface area contributed by atoms with Crippen LogP contribution < -0.4 is 0 Å². The summed E-state index contributed by atoms with van der Waals surface area (Å²) in [7, 11) is 1.49. The molecule has 1 unspecified atom stereocenters. The van der Waals surface area contributed by atoms with Crippen LogP contribution in [0.15, 0.2) is 11.6 Å². The highest BCUT2D eigenvalue weighted by molar-refractivity contribution is 5.91. The van der Waals surface area contributed by atoms with Crippen LogP contribution in [0.25, 0.3) is 0 Å².